The maximum Gasteiger partial charge on any atom is 0.203 e. The Morgan fingerprint density at radius 1 is 1.14 bits per heavy atom. The highest BCUT2D eigenvalue weighted by molar-refractivity contribution is 5.61. The summed E-state index contributed by atoms with van der Waals surface area (Å²) in [6.45, 7) is 2.81. The van der Waals surface area contributed by atoms with Crippen LogP contribution < -0.4 is 19.9 Å². The Morgan fingerprint density at radius 3 is 2.38 bits per heavy atom. The molecule has 0 bridgehead atoms. The molecular weight excluding hydrogens is 272 g/mol. The molecule has 0 saturated heterocycles. The summed E-state index contributed by atoms with van der Waals surface area (Å²) in [6, 6.07) is 2.11. The van der Waals surface area contributed by atoms with Crippen molar-refractivity contribution >= 4 is 0 Å². The molecular formula is C15H24N2O4. The Bertz CT molecular complexity index is 493. The van der Waals surface area contributed by atoms with Gasteiger partial charge < -0.3 is 24.7 Å². The lowest BCUT2D eigenvalue weighted by molar-refractivity contribution is 0.127. The summed E-state index contributed by atoms with van der Waals surface area (Å²) in [5.74, 6) is 2.01. The minimum atomic E-state index is 0.102. The van der Waals surface area contributed by atoms with Crippen LogP contribution in [0.15, 0.2) is 6.07 Å². The van der Waals surface area contributed by atoms with Gasteiger partial charge in [0, 0.05) is 32.3 Å². The second kappa shape index (κ2) is 6.98. The predicted octanol–water partition coefficient (Wildman–Crippen LogP) is 1.17. The number of nitrogens with zero attached hydrogens (tertiary/aromatic N) is 1. The van der Waals surface area contributed by atoms with Crippen LogP contribution in [0.3, 0.4) is 0 Å². The topological polar surface area (TPSA) is 66.2 Å². The first-order valence-corrected chi connectivity index (χ1v) is 6.96. The molecule has 0 fully saturated rings. The number of fused-ring (bicyclic) bond motifs is 1. The lowest BCUT2D eigenvalue weighted by Gasteiger charge is -2.24. The number of ether oxygens (including phenoxy) is 4. The minimum Gasteiger partial charge on any atom is -0.493 e. The molecule has 21 heavy (non-hydrogen) atoms. The van der Waals surface area contributed by atoms with E-state index in [0.717, 1.165) is 24.2 Å². The first-order valence-electron chi connectivity index (χ1n) is 6.96. The highest BCUT2D eigenvalue weighted by atomic mass is 16.5. The molecule has 0 spiro atoms. The van der Waals surface area contributed by atoms with Crippen LogP contribution in [0.2, 0.25) is 0 Å². The summed E-state index contributed by atoms with van der Waals surface area (Å²) >= 11 is 0. The van der Waals surface area contributed by atoms with Crippen LogP contribution in [-0.4, -0.2) is 53.0 Å². The highest BCUT2D eigenvalue weighted by Crippen LogP contribution is 2.48. The molecule has 0 aromatic heterocycles. The van der Waals surface area contributed by atoms with Crippen molar-refractivity contribution in [1.29, 1.82) is 0 Å². The van der Waals surface area contributed by atoms with Crippen LogP contribution in [-0.2, 0) is 11.3 Å². The van der Waals surface area contributed by atoms with E-state index in [1.54, 1.807) is 28.4 Å². The van der Waals surface area contributed by atoms with Gasteiger partial charge in [0.05, 0.1) is 34.0 Å². The van der Waals surface area contributed by atoms with Gasteiger partial charge in [-0.15, -0.1) is 0 Å². The second-order valence-electron chi connectivity index (χ2n) is 4.93. The molecule has 1 aliphatic heterocycles. The molecule has 0 saturated carbocycles. The van der Waals surface area contributed by atoms with Gasteiger partial charge in [0.15, 0.2) is 11.5 Å². The Morgan fingerprint density at radius 2 is 1.86 bits per heavy atom. The van der Waals surface area contributed by atoms with Crippen molar-refractivity contribution in [3.05, 3.63) is 17.2 Å². The Labute approximate surface area is 125 Å². The zero-order chi connectivity index (χ0) is 15.4. The third-order valence-electron chi connectivity index (χ3n) is 3.91. The Kier molecular flexibility index (Phi) is 5.27. The van der Waals surface area contributed by atoms with Crippen LogP contribution in [0.4, 0.5) is 0 Å². The van der Waals surface area contributed by atoms with E-state index in [4.69, 9.17) is 24.7 Å². The molecule has 1 aliphatic rings. The fourth-order valence-corrected chi connectivity index (χ4v) is 2.95. The molecule has 2 N–H and O–H groups in total. The van der Waals surface area contributed by atoms with Crippen molar-refractivity contribution in [1.82, 2.24) is 4.90 Å². The number of hydrogen-bond donors (Lipinski definition) is 1. The quantitative estimate of drug-likeness (QED) is 0.815. The Hall–Kier alpha value is -1.50. The average molecular weight is 296 g/mol. The summed E-state index contributed by atoms with van der Waals surface area (Å²) < 4.78 is 21.6. The molecule has 0 radical (unpaired) electrons. The largest absolute Gasteiger partial charge is 0.493 e. The fraction of sp³-hybridized carbons (Fsp3) is 0.600. The van der Waals surface area contributed by atoms with Gasteiger partial charge in [-0.3, -0.25) is 4.90 Å². The molecule has 118 valence electrons. The van der Waals surface area contributed by atoms with E-state index in [2.05, 4.69) is 4.90 Å². The van der Waals surface area contributed by atoms with E-state index in [1.165, 1.54) is 0 Å². The molecule has 0 aliphatic carbocycles. The highest BCUT2D eigenvalue weighted by Gasteiger charge is 2.35. The maximum atomic E-state index is 5.99. The van der Waals surface area contributed by atoms with Crippen LogP contribution in [0.1, 0.15) is 17.2 Å². The van der Waals surface area contributed by atoms with Crippen LogP contribution >= 0.6 is 0 Å². The van der Waals surface area contributed by atoms with Gasteiger partial charge in [0.2, 0.25) is 5.75 Å². The van der Waals surface area contributed by atoms with Gasteiger partial charge in [-0.1, -0.05) is 0 Å². The number of hydrogen-bond acceptors (Lipinski definition) is 6. The van der Waals surface area contributed by atoms with Gasteiger partial charge in [0.25, 0.3) is 0 Å². The van der Waals surface area contributed by atoms with Crippen LogP contribution in [0.25, 0.3) is 0 Å². The van der Waals surface area contributed by atoms with Crippen LogP contribution in [0.5, 0.6) is 17.2 Å². The fourth-order valence-electron chi connectivity index (χ4n) is 2.95. The molecule has 1 heterocycles. The normalized spacial score (nSPS) is 17.7. The number of nitrogens with two attached hydrogens (primary N) is 1. The minimum absolute atomic E-state index is 0.102. The first kappa shape index (κ1) is 15.9. The van der Waals surface area contributed by atoms with Crippen molar-refractivity contribution in [2.45, 2.75) is 12.6 Å². The van der Waals surface area contributed by atoms with E-state index in [-0.39, 0.29) is 6.04 Å². The molecule has 2 rings (SSSR count). The van der Waals surface area contributed by atoms with Crippen LogP contribution in [0, 0.1) is 0 Å². The van der Waals surface area contributed by atoms with Gasteiger partial charge in [0.1, 0.15) is 0 Å². The second-order valence-corrected chi connectivity index (χ2v) is 4.93. The lowest BCUT2D eigenvalue weighted by atomic mass is 10.0. The van der Waals surface area contributed by atoms with Gasteiger partial charge >= 0.3 is 0 Å². The van der Waals surface area contributed by atoms with Crippen molar-refractivity contribution < 1.29 is 18.9 Å². The summed E-state index contributed by atoms with van der Waals surface area (Å²) in [5, 5.41) is 0. The average Bonchev–Trinajstić information content (AvgIpc) is 2.87. The molecule has 6 nitrogen and oxygen atoms in total. The van der Waals surface area contributed by atoms with Gasteiger partial charge in [-0.05, 0) is 11.6 Å². The molecule has 6 heteroatoms. The Balaban J connectivity index is 2.47. The monoisotopic (exact) mass is 296 g/mol. The summed E-state index contributed by atoms with van der Waals surface area (Å²) in [6.07, 6.45) is 0. The zero-order valence-electron chi connectivity index (χ0n) is 13.1. The SMILES string of the molecule is COCCN1Cc2cc(OC)c(OC)c(OC)c2C1CN. The summed E-state index contributed by atoms with van der Waals surface area (Å²) in [7, 11) is 6.58. The first-order chi connectivity index (χ1) is 10.2. The van der Waals surface area contributed by atoms with E-state index in [1.807, 2.05) is 6.07 Å². The third-order valence-corrected chi connectivity index (χ3v) is 3.91. The lowest BCUT2D eigenvalue weighted by Crippen LogP contribution is -2.30. The van der Waals surface area contributed by atoms with Gasteiger partial charge in [-0.25, -0.2) is 0 Å². The van der Waals surface area contributed by atoms with Crippen molar-refractivity contribution in [2.75, 3.05) is 48.1 Å². The number of methoxy groups -OCH3 is 4. The number of rotatable bonds is 7. The summed E-state index contributed by atoms with van der Waals surface area (Å²) in [5.41, 5.74) is 8.24. The van der Waals surface area contributed by atoms with E-state index in [9.17, 15) is 0 Å². The van der Waals surface area contributed by atoms with Crippen molar-refractivity contribution in [2.24, 2.45) is 5.73 Å². The molecule has 1 atom stereocenters. The van der Waals surface area contributed by atoms with Crippen molar-refractivity contribution in [3.63, 3.8) is 0 Å². The van der Waals surface area contributed by atoms with E-state index < -0.39 is 0 Å². The smallest absolute Gasteiger partial charge is 0.203 e. The molecule has 1 aromatic rings. The van der Waals surface area contributed by atoms with E-state index in [0.29, 0.717) is 30.4 Å². The third kappa shape index (κ3) is 2.79. The number of benzene rings is 1. The predicted molar refractivity (Wildman–Crippen MR) is 80.2 cm³/mol. The molecule has 0 amide bonds. The standard InChI is InChI=1S/C15H24N2O4/c1-18-6-5-17-9-10-7-12(19-2)14(20-3)15(21-4)13(10)11(17)8-16/h7,11H,5-6,8-9,16H2,1-4H3. The van der Waals surface area contributed by atoms with E-state index >= 15 is 0 Å². The summed E-state index contributed by atoms with van der Waals surface area (Å²) in [4.78, 5) is 2.29. The molecule has 1 aromatic carbocycles. The van der Waals surface area contributed by atoms with Gasteiger partial charge in [-0.2, -0.15) is 0 Å². The maximum absolute atomic E-state index is 5.99. The zero-order valence-corrected chi connectivity index (χ0v) is 13.1. The molecule has 1 unspecified atom stereocenters. The van der Waals surface area contributed by atoms with Crippen molar-refractivity contribution in [3.8, 4) is 17.2 Å².